The Morgan fingerprint density at radius 2 is 1.65 bits per heavy atom. The molecule has 0 saturated heterocycles. The Kier molecular flexibility index (Phi) is 9.24. The van der Waals surface area contributed by atoms with Crippen molar-refractivity contribution >= 4 is 17.7 Å². The molecule has 0 aliphatic rings. The molecule has 0 fully saturated rings. The summed E-state index contributed by atoms with van der Waals surface area (Å²) in [5.41, 5.74) is 5.86. The van der Waals surface area contributed by atoms with Crippen molar-refractivity contribution in [1.29, 1.82) is 0 Å². The predicted molar refractivity (Wildman–Crippen MR) is 156 cm³/mol. The molecular weight excluding hydrogens is 504 g/mol. The zero-order chi connectivity index (χ0) is 28.5. The van der Waals surface area contributed by atoms with Crippen LogP contribution in [0.3, 0.4) is 0 Å². The fourth-order valence-electron chi connectivity index (χ4n) is 3.94. The molecule has 2 aromatic carbocycles. The van der Waals surface area contributed by atoms with Crippen LogP contribution in [0.25, 0.3) is 22.3 Å². The van der Waals surface area contributed by atoms with Gasteiger partial charge in [-0.15, -0.1) is 0 Å². The number of aryl methyl sites for hydroxylation is 1. The van der Waals surface area contributed by atoms with Gasteiger partial charge < -0.3 is 20.1 Å². The first-order valence-electron chi connectivity index (χ1n) is 13.1. The van der Waals surface area contributed by atoms with Crippen molar-refractivity contribution in [2.75, 3.05) is 18.5 Å². The Bertz CT molecular complexity index is 1450. The number of carbonyl (C=O) groups excluding carboxylic acids is 2. The molecule has 0 spiro atoms. The van der Waals surface area contributed by atoms with Gasteiger partial charge >= 0.3 is 6.09 Å². The van der Waals surface area contributed by atoms with Crippen molar-refractivity contribution in [3.05, 3.63) is 102 Å². The lowest BCUT2D eigenvalue weighted by Gasteiger charge is -2.19. The number of pyridine rings is 2. The van der Waals surface area contributed by atoms with Gasteiger partial charge in [0.25, 0.3) is 5.91 Å². The highest BCUT2D eigenvalue weighted by molar-refractivity contribution is 6.03. The summed E-state index contributed by atoms with van der Waals surface area (Å²) in [7, 11) is 0. The first-order valence-corrected chi connectivity index (χ1v) is 13.1. The second-order valence-electron chi connectivity index (χ2n) is 10.3. The van der Waals surface area contributed by atoms with Crippen molar-refractivity contribution in [1.82, 2.24) is 15.3 Å². The summed E-state index contributed by atoms with van der Waals surface area (Å²) in [6.07, 6.45) is 2.95. The highest BCUT2D eigenvalue weighted by Crippen LogP contribution is 2.26. The van der Waals surface area contributed by atoms with Gasteiger partial charge in [0.05, 0.1) is 13.2 Å². The van der Waals surface area contributed by atoms with Crippen molar-refractivity contribution < 1.29 is 19.1 Å². The molecule has 206 valence electrons. The van der Waals surface area contributed by atoms with Gasteiger partial charge in [-0.2, -0.15) is 0 Å². The monoisotopic (exact) mass is 538 g/mol. The van der Waals surface area contributed by atoms with E-state index in [0.29, 0.717) is 24.5 Å². The van der Waals surface area contributed by atoms with Gasteiger partial charge in [-0.05, 0) is 86.3 Å². The number of hydrogen-bond donors (Lipinski definition) is 2. The smallest absolute Gasteiger partial charge is 0.407 e. The number of alkyl carbamates (subject to hydrolysis) is 1. The molecule has 8 heteroatoms. The predicted octanol–water partition coefficient (Wildman–Crippen LogP) is 6.41. The number of nitrogens with one attached hydrogen (secondary N) is 2. The number of carbonyl (C=O) groups is 2. The Morgan fingerprint density at radius 1 is 0.850 bits per heavy atom. The minimum absolute atomic E-state index is 0.285. The van der Waals surface area contributed by atoms with Crippen LogP contribution in [0.1, 0.15) is 42.5 Å². The molecule has 0 bridgehead atoms. The number of rotatable bonds is 9. The number of ether oxygens (including phenoxy) is 2. The van der Waals surface area contributed by atoms with Gasteiger partial charge in [0.2, 0.25) is 0 Å². The third-order valence-electron chi connectivity index (χ3n) is 5.78. The van der Waals surface area contributed by atoms with Crippen LogP contribution in [0.5, 0.6) is 0 Å². The second kappa shape index (κ2) is 13.0. The van der Waals surface area contributed by atoms with E-state index in [-0.39, 0.29) is 12.5 Å². The van der Waals surface area contributed by atoms with Crippen LogP contribution in [0.2, 0.25) is 0 Å². The summed E-state index contributed by atoms with van der Waals surface area (Å²) in [6, 6.07) is 23.2. The first kappa shape index (κ1) is 28.4. The second-order valence-corrected chi connectivity index (χ2v) is 10.3. The van der Waals surface area contributed by atoms with Gasteiger partial charge in [-0.1, -0.05) is 36.4 Å². The summed E-state index contributed by atoms with van der Waals surface area (Å²) < 4.78 is 11.0. The number of hydrogen-bond acceptors (Lipinski definition) is 6. The summed E-state index contributed by atoms with van der Waals surface area (Å²) in [4.78, 5) is 33.7. The van der Waals surface area contributed by atoms with E-state index in [1.807, 2.05) is 94.4 Å². The van der Waals surface area contributed by atoms with Crippen LogP contribution in [-0.4, -0.2) is 40.7 Å². The fourth-order valence-corrected chi connectivity index (χ4v) is 3.94. The van der Waals surface area contributed by atoms with Crippen molar-refractivity contribution in [3.63, 3.8) is 0 Å². The summed E-state index contributed by atoms with van der Waals surface area (Å²) in [6.45, 7) is 8.26. The number of anilines is 1. The van der Waals surface area contributed by atoms with E-state index < -0.39 is 11.7 Å². The summed E-state index contributed by atoms with van der Waals surface area (Å²) in [5, 5.41) is 5.67. The normalized spacial score (nSPS) is 11.1. The average molecular weight is 539 g/mol. The van der Waals surface area contributed by atoms with E-state index in [4.69, 9.17) is 9.47 Å². The standard InChI is InChI=1S/C32H34N4O4/c1-22-10-11-26(20-35-22)27-16-23(21-39-15-14-34-31(38)40-32(2,3)4)17-28(18-27)36-30(37)29-19-25(12-13-33-29)24-8-6-5-7-9-24/h5-13,16-20H,14-15,21H2,1-4H3,(H,34,38)(H,36,37). The quantitative estimate of drug-likeness (QED) is 0.239. The van der Waals surface area contributed by atoms with E-state index in [1.165, 1.54) is 0 Å². The molecule has 4 aromatic rings. The molecule has 0 radical (unpaired) electrons. The van der Waals surface area contributed by atoms with Crippen LogP contribution < -0.4 is 10.6 Å². The lowest BCUT2D eigenvalue weighted by atomic mass is 10.0. The zero-order valence-electron chi connectivity index (χ0n) is 23.2. The molecule has 2 heterocycles. The van der Waals surface area contributed by atoms with Crippen molar-refractivity contribution in [3.8, 4) is 22.3 Å². The molecule has 8 nitrogen and oxygen atoms in total. The van der Waals surface area contributed by atoms with E-state index in [1.54, 1.807) is 18.5 Å². The topological polar surface area (TPSA) is 102 Å². The third-order valence-corrected chi connectivity index (χ3v) is 5.78. The molecule has 40 heavy (non-hydrogen) atoms. The summed E-state index contributed by atoms with van der Waals surface area (Å²) in [5.74, 6) is -0.314. The zero-order valence-corrected chi connectivity index (χ0v) is 23.2. The van der Waals surface area contributed by atoms with Crippen LogP contribution in [0.15, 0.2) is 85.2 Å². The molecule has 0 aliphatic carbocycles. The maximum atomic E-state index is 13.2. The highest BCUT2D eigenvalue weighted by atomic mass is 16.6. The maximum Gasteiger partial charge on any atom is 0.407 e. The van der Waals surface area contributed by atoms with Crippen molar-refractivity contribution in [2.24, 2.45) is 0 Å². The van der Waals surface area contributed by atoms with E-state index in [0.717, 1.165) is 33.5 Å². The molecule has 0 saturated carbocycles. The first-order chi connectivity index (χ1) is 19.2. The molecule has 2 amide bonds. The van der Waals surface area contributed by atoms with Gasteiger partial charge in [0, 0.05) is 35.9 Å². The van der Waals surface area contributed by atoms with Crippen LogP contribution in [-0.2, 0) is 16.1 Å². The number of aromatic nitrogens is 2. The van der Waals surface area contributed by atoms with Crippen LogP contribution >= 0.6 is 0 Å². The minimum Gasteiger partial charge on any atom is -0.444 e. The van der Waals surface area contributed by atoms with Gasteiger partial charge in [0.1, 0.15) is 11.3 Å². The summed E-state index contributed by atoms with van der Waals surface area (Å²) >= 11 is 0. The largest absolute Gasteiger partial charge is 0.444 e. The Morgan fingerprint density at radius 3 is 2.38 bits per heavy atom. The number of amides is 2. The van der Waals surface area contributed by atoms with Crippen molar-refractivity contribution in [2.45, 2.75) is 39.9 Å². The molecule has 0 aliphatic heterocycles. The van der Waals surface area contributed by atoms with Gasteiger partial charge in [-0.25, -0.2) is 4.79 Å². The molecule has 4 rings (SSSR count). The lowest BCUT2D eigenvalue weighted by Crippen LogP contribution is -2.34. The Labute approximate surface area is 234 Å². The molecule has 0 atom stereocenters. The SMILES string of the molecule is Cc1ccc(-c2cc(COCCNC(=O)OC(C)(C)C)cc(NC(=O)c3cc(-c4ccccc4)ccn3)c2)cn1. The maximum absolute atomic E-state index is 13.2. The van der Waals surface area contributed by atoms with Gasteiger partial charge in [-0.3, -0.25) is 14.8 Å². The van der Waals surface area contributed by atoms with E-state index >= 15 is 0 Å². The fraction of sp³-hybridized carbons (Fsp3) is 0.250. The average Bonchev–Trinajstić information content (AvgIpc) is 2.93. The third kappa shape index (κ3) is 8.47. The molecule has 2 N–H and O–H groups in total. The number of benzene rings is 2. The highest BCUT2D eigenvalue weighted by Gasteiger charge is 2.15. The molecular formula is C32H34N4O4. The van der Waals surface area contributed by atoms with E-state index in [2.05, 4.69) is 20.6 Å². The Balaban J connectivity index is 1.47. The van der Waals surface area contributed by atoms with Gasteiger partial charge in [0.15, 0.2) is 0 Å². The Hall–Kier alpha value is -4.56. The number of nitrogens with zero attached hydrogens (tertiary/aromatic N) is 2. The minimum atomic E-state index is -0.560. The lowest BCUT2D eigenvalue weighted by molar-refractivity contribution is 0.0494. The molecule has 0 unspecified atom stereocenters. The van der Waals surface area contributed by atoms with Crippen LogP contribution in [0, 0.1) is 6.92 Å². The van der Waals surface area contributed by atoms with E-state index in [9.17, 15) is 9.59 Å². The van der Waals surface area contributed by atoms with Crippen LogP contribution in [0.4, 0.5) is 10.5 Å². The molecule has 2 aromatic heterocycles.